The average molecular weight is 397 g/mol. The molecule has 2 rings (SSSR count). The van der Waals surface area contributed by atoms with Crippen LogP contribution >= 0.6 is 11.3 Å². The fraction of sp³-hybridized carbons (Fsp3) is 0.353. The lowest BCUT2D eigenvalue weighted by Crippen LogP contribution is -2.41. The van der Waals surface area contributed by atoms with Gasteiger partial charge < -0.3 is 15.5 Å². The molecule has 0 saturated carbocycles. The van der Waals surface area contributed by atoms with Gasteiger partial charge in [0.25, 0.3) is 0 Å². The molecular weight excluding hydrogens is 372 g/mol. The van der Waals surface area contributed by atoms with Crippen molar-refractivity contribution in [2.75, 3.05) is 27.7 Å². The number of hydrogen-bond acceptors (Lipinski definition) is 5. The standard InChI is InChI=1S/C17H24N4O3S2/c1-18-26(23,24)16-10-9-14(25-16)11-19-17(22)20-15(12-21(2)3)13-7-5-4-6-8-13/h4-10,15,18H,11-12H2,1-3H3,(H2,19,20,22). The molecular formula is C17H24N4O3S2. The molecule has 0 aliphatic carbocycles. The molecule has 0 bridgehead atoms. The van der Waals surface area contributed by atoms with E-state index in [1.165, 1.54) is 13.1 Å². The second kappa shape index (κ2) is 9.13. The van der Waals surface area contributed by atoms with Crippen molar-refractivity contribution in [3.8, 4) is 0 Å². The zero-order chi connectivity index (χ0) is 19.2. The molecule has 2 amide bonds. The van der Waals surface area contributed by atoms with E-state index in [0.29, 0.717) is 6.54 Å². The number of thiophene rings is 1. The highest BCUT2D eigenvalue weighted by molar-refractivity contribution is 7.91. The third-order valence-electron chi connectivity index (χ3n) is 3.65. The Balaban J connectivity index is 1.96. The first-order valence-corrected chi connectivity index (χ1v) is 10.4. The van der Waals surface area contributed by atoms with Gasteiger partial charge in [-0.3, -0.25) is 0 Å². The maximum atomic E-state index is 12.3. The number of urea groups is 1. The van der Waals surface area contributed by atoms with E-state index < -0.39 is 10.0 Å². The van der Waals surface area contributed by atoms with E-state index in [9.17, 15) is 13.2 Å². The van der Waals surface area contributed by atoms with E-state index >= 15 is 0 Å². The number of rotatable bonds is 8. The molecule has 1 unspecified atom stereocenters. The molecule has 1 aromatic heterocycles. The molecule has 0 saturated heterocycles. The highest BCUT2D eigenvalue weighted by Crippen LogP contribution is 2.21. The van der Waals surface area contributed by atoms with Crippen LogP contribution in [0.5, 0.6) is 0 Å². The van der Waals surface area contributed by atoms with Gasteiger partial charge in [0.15, 0.2) is 0 Å². The Kier molecular flexibility index (Phi) is 7.15. The van der Waals surface area contributed by atoms with Crippen molar-refractivity contribution >= 4 is 27.4 Å². The molecule has 0 spiro atoms. The minimum Gasteiger partial charge on any atom is -0.333 e. The summed E-state index contributed by atoms with van der Waals surface area (Å²) in [5.74, 6) is 0. The quantitative estimate of drug-likeness (QED) is 0.634. The minimum atomic E-state index is -3.45. The Morgan fingerprint density at radius 3 is 2.46 bits per heavy atom. The predicted octanol–water partition coefficient (Wildman–Crippen LogP) is 1.76. The van der Waals surface area contributed by atoms with Gasteiger partial charge in [-0.2, -0.15) is 0 Å². The van der Waals surface area contributed by atoms with Crippen LogP contribution in [-0.2, 0) is 16.6 Å². The summed E-state index contributed by atoms with van der Waals surface area (Å²) in [7, 11) is 1.82. The number of nitrogens with one attached hydrogen (secondary N) is 3. The first-order valence-electron chi connectivity index (χ1n) is 8.08. The van der Waals surface area contributed by atoms with Crippen LogP contribution in [0.1, 0.15) is 16.5 Å². The van der Waals surface area contributed by atoms with Crippen LogP contribution in [-0.4, -0.2) is 47.0 Å². The van der Waals surface area contributed by atoms with Gasteiger partial charge in [0.05, 0.1) is 12.6 Å². The zero-order valence-corrected chi connectivity index (χ0v) is 16.7. The molecule has 0 radical (unpaired) electrons. The molecule has 0 fully saturated rings. The maximum absolute atomic E-state index is 12.3. The monoisotopic (exact) mass is 396 g/mol. The molecule has 1 atom stereocenters. The van der Waals surface area contributed by atoms with Gasteiger partial charge in [-0.25, -0.2) is 17.9 Å². The fourth-order valence-electron chi connectivity index (χ4n) is 2.36. The summed E-state index contributed by atoms with van der Waals surface area (Å²) in [5.41, 5.74) is 1.02. The van der Waals surface area contributed by atoms with Crippen molar-refractivity contribution in [1.29, 1.82) is 0 Å². The first-order chi connectivity index (χ1) is 12.3. The summed E-state index contributed by atoms with van der Waals surface area (Å²) < 4.78 is 26.0. The average Bonchev–Trinajstić information content (AvgIpc) is 3.10. The largest absolute Gasteiger partial charge is 0.333 e. The van der Waals surface area contributed by atoms with E-state index in [2.05, 4.69) is 15.4 Å². The number of benzene rings is 1. The predicted molar refractivity (Wildman–Crippen MR) is 104 cm³/mol. The van der Waals surface area contributed by atoms with Crippen LogP contribution in [0.4, 0.5) is 4.79 Å². The first kappa shape index (κ1) is 20.4. The molecule has 1 aromatic carbocycles. The van der Waals surface area contributed by atoms with Crippen LogP contribution < -0.4 is 15.4 Å². The molecule has 3 N–H and O–H groups in total. The van der Waals surface area contributed by atoms with Crippen LogP contribution in [0.3, 0.4) is 0 Å². The second-order valence-electron chi connectivity index (χ2n) is 5.98. The molecule has 26 heavy (non-hydrogen) atoms. The molecule has 0 aliphatic heterocycles. The van der Waals surface area contributed by atoms with Crippen molar-refractivity contribution in [3.63, 3.8) is 0 Å². The van der Waals surface area contributed by atoms with Crippen LogP contribution in [0.2, 0.25) is 0 Å². The zero-order valence-electron chi connectivity index (χ0n) is 15.0. The van der Waals surface area contributed by atoms with Crippen LogP contribution in [0.15, 0.2) is 46.7 Å². The molecule has 2 aromatic rings. The van der Waals surface area contributed by atoms with E-state index in [1.807, 2.05) is 49.3 Å². The van der Waals surface area contributed by atoms with Crippen LogP contribution in [0, 0.1) is 0 Å². The number of amides is 2. The molecule has 1 heterocycles. The normalized spacial score (nSPS) is 12.8. The summed E-state index contributed by atoms with van der Waals surface area (Å²) in [6.45, 7) is 0.931. The molecule has 7 nitrogen and oxygen atoms in total. The van der Waals surface area contributed by atoms with Crippen molar-refractivity contribution in [1.82, 2.24) is 20.3 Å². The van der Waals surface area contributed by atoms with Gasteiger partial charge in [-0.05, 0) is 38.8 Å². The van der Waals surface area contributed by atoms with Crippen LogP contribution in [0.25, 0.3) is 0 Å². The Hall–Kier alpha value is -1.94. The summed E-state index contributed by atoms with van der Waals surface area (Å²) >= 11 is 1.13. The third-order valence-corrected chi connectivity index (χ3v) is 6.64. The highest BCUT2D eigenvalue weighted by atomic mass is 32.2. The second-order valence-corrected chi connectivity index (χ2v) is 9.26. The number of sulfonamides is 1. The summed E-state index contributed by atoms with van der Waals surface area (Å²) in [6.07, 6.45) is 0. The number of carbonyl (C=O) groups excluding carboxylic acids is 1. The van der Waals surface area contributed by atoms with E-state index in [0.717, 1.165) is 21.8 Å². The topological polar surface area (TPSA) is 90.5 Å². The summed E-state index contributed by atoms with van der Waals surface area (Å²) in [4.78, 5) is 15.0. The smallest absolute Gasteiger partial charge is 0.315 e. The highest BCUT2D eigenvalue weighted by Gasteiger charge is 2.17. The number of likely N-dealkylation sites (N-methyl/N-ethyl adjacent to an activating group) is 1. The minimum absolute atomic E-state index is 0.144. The van der Waals surface area contributed by atoms with Gasteiger partial charge in [0.2, 0.25) is 10.0 Å². The Morgan fingerprint density at radius 1 is 1.15 bits per heavy atom. The number of carbonyl (C=O) groups is 1. The SMILES string of the molecule is CNS(=O)(=O)c1ccc(CNC(=O)NC(CN(C)C)c2ccccc2)s1. The molecule has 9 heteroatoms. The number of hydrogen-bond donors (Lipinski definition) is 3. The van der Waals surface area contributed by atoms with Gasteiger partial charge in [0, 0.05) is 11.4 Å². The van der Waals surface area contributed by atoms with Gasteiger partial charge in [0.1, 0.15) is 4.21 Å². The lowest BCUT2D eigenvalue weighted by molar-refractivity contribution is 0.232. The Bertz CT molecular complexity index is 820. The molecule has 0 aliphatic rings. The van der Waals surface area contributed by atoms with E-state index in [1.54, 1.807) is 6.07 Å². The van der Waals surface area contributed by atoms with Crippen molar-refractivity contribution < 1.29 is 13.2 Å². The lowest BCUT2D eigenvalue weighted by atomic mass is 10.1. The third kappa shape index (κ3) is 5.80. The van der Waals surface area contributed by atoms with Gasteiger partial charge in [-0.15, -0.1) is 11.3 Å². The van der Waals surface area contributed by atoms with E-state index in [-0.39, 0.29) is 22.8 Å². The maximum Gasteiger partial charge on any atom is 0.315 e. The van der Waals surface area contributed by atoms with Crippen molar-refractivity contribution in [2.24, 2.45) is 0 Å². The lowest BCUT2D eigenvalue weighted by Gasteiger charge is -2.23. The van der Waals surface area contributed by atoms with Crippen molar-refractivity contribution in [3.05, 3.63) is 52.9 Å². The molecule has 142 valence electrons. The fourth-order valence-corrected chi connectivity index (χ4v) is 4.49. The summed E-state index contributed by atoms with van der Waals surface area (Å²) in [6, 6.07) is 12.5. The van der Waals surface area contributed by atoms with Gasteiger partial charge >= 0.3 is 6.03 Å². The Morgan fingerprint density at radius 2 is 1.85 bits per heavy atom. The summed E-state index contributed by atoms with van der Waals surface area (Å²) in [5, 5.41) is 5.75. The van der Waals surface area contributed by atoms with Gasteiger partial charge in [-0.1, -0.05) is 30.3 Å². The number of nitrogens with zero attached hydrogens (tertiary/aromatic N) is 1. The Labute approximate surface area is 158 Å². The van der Waals surface area contributed by atoms with Crippen molar-refractivity contribution in [2.45, 2.75) is 16.8 Å². The van der Waals surface area contributed by atoms with E-state index in [4.69, 9.17) is 0 Å².